The summed E-state index contributed by atoms with van der Waals surface area (Å²) in [4.78, 5) is 27.4. The topological polar surface area (TPSA) is 76.1 Å². The van der Waals surface area contributed by atoms with Gasteiger partial charge in [-0.2, -0.15) is 0 Å². The monoisotopic (exact) mass is 399 g/mol. The standard InChI is InChI=1S/C18H29NO5SSi/c1-7-8-23-16(22)12-10(9-20)25-15-11(14(21)19(12)15)13(17(2,3)4)18(5,6)24-26/h7,11,13,15,20H,1,8-9H2,2-6,26H3. The molecule has 0 aromatic carbocycles. The van der Waals surface area contributed by atoms with Gasteiger partial charge in [0.15, 0.2) is 0 Å². The average Bonchev–Trinajstić information content (AvgIpc) is 2.91. The molecule has 2 rings (SSSR count). The van der Waals surface area contributed by atoms with Gasteiger partial charge in [0.25, 0.3) is 0 Å². The van der Waals surface area contributed by atoms with Crippen molar-refractivity contribution in [3.05, 3.63) is 23.3 Å². The highest BCUT2D eigenvalue weighted by atomic mass is 32.2. The zero-order valence-electron chi connectivity index (χ0n) is 16.4. The van der Waals surface area contributed by atoms with Gasteiger partial charge in [-0.15, -0.1) is 0 Å². The lowest BCUT2D eigenvalue weighted by Crippen LogP contribution is -2.65. The van der Waals surface area contributed by atoms with Crippen LogP contribution in [-0.4, -0.2) is 56.6 Å². The lowest BCUT2D eigenvalue weighted by atomic mass is 9.63. The van der Waals surface area contributed by atoms with Crippen molar-refractivity contribution >= 4 is 34.1 Å². The third kappa shape index (κ3) is 3.52. The zero-order valence-corrected chi connectivity index (χ0v) is 19.2. The number of amides is 1. The number of nitrogens with zero attached hydrogens (tertiary/aromatic N) is 1. The van der Waals surface area contributed by atoms with E-state index in [0.717, 1.165) is 0 Å². The van der Waals surface area contributed by atoms with Crippen LogP contribution in [0.1, 0.15) is 34.6 Å². The summed E-state index contributed by atoms with van der Waals surface area (Å²) < 4.78 is 11.0. The van der Waals surface area contributed by atoms with Gasteiger partial charge in [0.2, 0.25) is 5.91 Å². The Labute approximate surface area is 162 Å². The van der Waals surface area contributed by atoms with E-state index in [-0.39, 0.29) is 47.4 Å². The summed E-state index contributed by atoms with van der Waals surface area (Å²) in [7, 11) is 0.574. The Morgan fingerprint density at radius 3 is 2.50 bits per heavy atom. The highest BCUT2D eigenvalue weighted by molar-refractivity contribution is 8.04. The number of aliphatic hydroxyl groups excluding tert-OH is 1. The second-order valence-electron chi connectivity index (χ2n) is 8.21. The smallest absolute Gasteiger partial charge is 0.356 e. The van der Waals surface area contributed by atoms with E-state index < -0.39 is 11.6 Å². The minimum Gasteiger partial charge on any atom is -0.457 e. The summed E-state index contributed by atoms with van der Waals surface area (Å²) in [6.45, 7) is 13.6. The molecule has 26 heavy (non-hydrogen) atoms. The lowest BCUT2D eigenvalue weighted by Gasteiger charge is -2.54. The van der Waals surface area contributed by atoms with Gasteiger partial charge in [0.05, 0.1) is 23.5 Å². The molecular formula is C18H29NO5SSi. The van der Waals surface area contributed by atoms with Gasteiger partial charge < -0.3 is 14.3 Å². The van der Waals surface area contributed by atoms with Crippen molar-refractivity contribution < 1.29 is 23.9 Å². The third-order valence-corrected chi connectivity index (χ3v) is 7.49. The van der Waals surface area contributed by atoms with Crippen LogP contribution in [0.5, 0.6) is 0 Å². The van der Waals surface area contributed by atoms with E-state index in [1.807, 2.05) is 13.8 Å². The highest BCUT2D eigenvalue weighted by Crippen LogP contribution is 2.56. The number of hydrogen-bond acceptors (Lipinski definition) is 6. The average molecular weight is 400 g/mol. The first-order valence-electron chi connectivity index (χ1n) is 8.68. The molecule has 3 atom stereocenters. The molecule has 1 saturated heterocycles. The Morgan fingerprint density at radius 1 is 1.42 bits per heavy atom. The fourth-order valence-corrected chi connectivity index (χ4v) is 5.81. The molecule has 8 heteroatoms. The van der Waals surface area contributed by atoms with E-state index >= 15 is 0 Å². The van der Waals surface area contributed by atoms with Crippen LogP contribution in [0.25, 0.3) is 0 Å². The number of fused-ring (bicyclic) bond motifs is 1. The van der Waals surface area contributed by atoms with Gasteiger partial charge in [-0.25, -0.2) is 4.79 Å². The summed E-state index contributed by atoms with van der Waals surface area (Å²) in [5, 5.41) is 9.48. The molecule has 0 aliphatic carbocycles. The maximum absolute atomic E-state index is 13.1. The maximum Gasteiger partial charge on any atom is 0.356 e. The number of carbonyl (C=O) groups excluding carboxylic acids is 2. The van der Waals surface area contributed by atoms with Gasteiger partial charge in [0.1, 0.15) is 22.8 Å². The third-order valence-electron chi connectivity index (χ3n) is 5.09. The Morgan fingerprint density at radius 2 is 2.04 bits per heavy atom. The Bertz CT molecular complexity index is 640. The molecular weight excluding hydrogens is 370 g/mol. The van der Waals surface area contributed by atoms with Gasteiger partial charge in [-0.1, -0.05) is 45.2 Å². The minimum absolute atomic E-state index is 0.0303. The molecule has 146 valence electrons. The van der Waals surface area contributed by atoms with E-state index in [1.54, 1.807) is 0 Å². The number of esters is 1. The fourth-order valence-electron chi connectivity index (χ4n) is 4.16. The van der Waals surface area contributed by atoms with Crippen LogP contribution in [0, 0.1) is 17.3 Å². The number of thioether (sulfide) groups is 1. The molecule has 0 aromatic rings. The van der Waals surface area contributed by atoms with Crippen LogP contribution in [0.3, 0.4) is 0 Å². The molecule has 1 fully saturated rings. The number of hydrogen-bond donors (Lipinski definition) is 1. The largest absolute Gasteiger partial charge is 0.457 e. The predicted molar refractivity (Wildman–Crippen MR) is 105 cm³/mol. The SMILES string of the molecule is C=CCOC(=O)C1=C(CO)SC2C(C(C(C)(C)C)C(C)(C)O[SiH3])C(=O)N12. The first-order chi connectivity index (χ1) is 12.0. The van der Waals surface area contributed by atoms with Gasteiger partial charge in [-0.3, -0.25) is 9.69 Å². The molecule has 6 nitrogen and oxygen atoms in total. The van der Waals surface area contributed by atoms with E-state index in [9.17, 15) is 14.7 Å². The number of carbonyl (C=O) groups is 2. The molecule has 1 N–H and O–H groups in total. The fraction of sp³-hybridized carbons (Fsp3) is 0.667. The first kappa shape index (κ1) is 21.2. The van der Waals surface area contributed by atoms with Crippen molar-refractivity contribution in [2.45, 2.75) is 45.6 Å². The van der Waals surface area contributed by atoms with Crippen molar-refractivity contribution in [2.24, 2.45) is 17.3 Å². The predicted octanol–water partition coefficient (Wildman–Crippen LogP) is 1.19. The van der Waals surface area contributed by atoms with Crippen molar-refractivity contribution in [1.29, 1.82) is 0 Å². The zero-order chi connectivity index (χ0) is 19.9. The summed E-state index contributed by atoms with van der Waals surface area (Å²) in [6.07, 6.45) is 1.47. The van der Waals surface area contributed by atoms with Crippen LogP contribution in [0.2, 0.25) is 0 Å². The van der Waals surface area contributed by atoms with Crippen molar-refractivity contribution in [3.63, 3.8) is 0 Å². The van der Waals surface area contributed by atoms with Gasteiger partial charge in [0, 0.05) is 10.8 Å². The highest BCUT2D eigenvalue weighted by Gasteiger charge is 2.62. The van der Waals surface area contributed by atoms with Crippen molar-refractivity contribution in [3.8, 4) is 0 Å². The molecule has 0 spiro atoms. The van der Waals surface area contributed by atoms with Gasteiger partial charge >= 0.3 is 5.97 Å². The maximum atomic E-state index is 13.1. The minimum atomic E-state index is -0.596. The van der Waals surface area contributed by atoms with E-state index in [0.29, 0.717) is 15.4 Å². The Balaban J connectivity index is 2.34. The molecule has 3 unspecified atom stereocenters. The van der Waals surface area contributed by atoms with E-state index in [2.05, 4.69) is 27.4 Å². The quantitative estimate of drug-likeness (QED) is 0.300. The molecule has 1 amide bonds. The van der Waals surface area contributed by atoms with Crippen LogP contribution in [0.15, 0.2) is 23.3 Å². The number of rotatable bonds is 7. The molecule has 2 heterocycles. The molecule has 0 radical (unpaired) electrons. The van der Waals surface area contributed by atoms with E-state index in [1.165, 1.54) is 22.7 Å². The van der Waals surface area contributed by atoms with Crippen LogP contribution < -0.4 is 0 Å². The molecule has 2 aliphatic rings. The molecule has 0 saturated carbocycles. The second kappa shape index (κ2) is 7.50. The van der Waals surface area contributed by atoms with E-state index in [4.69, 9.17) is 9.16 Å². The lowest BCUT2D eigenvalue weighted by molar-refractivity contribution is -0.165. The molecule has 0 aromatic heterocycles. The summed E-state index contributed by atoms with van der Waals surface area (Å²) >= 11 is 1.38. The summed E-state index contributed by atoms with van der Waals surface area (Å²) in [5.74, 6) is -1.02. The molecule has 0 bridgehead atoms. The van der Waals surface area contributed by atoms with Crippen LogP contribution in [-0.2, 0) is 18.8 Å². The number of ether oxygens (including phenoxy) is 1. The van der Waals surface area contributed by atoms with Gasteiger partial charge in [-0.05, 0) is 19.3 Å². The number of aliphatic hydroxyl groups is 1. The summed E-state index contributed by atoms with van der Waals surface area (Å²) in [6, 6.07) is 0. The van der Waals surface area contributed by atoms with Crippen molar-refractivity contribution in [1.82, 2.24) is 4.90 Å². The Hall–Kier alpha value is -1.09. The molecule has 2 aliphatic heterocycles. The number of β-lactam (4-membered cyclic amide) rings is 1. The summed E-state index contributed by atoms with van der Waals surface area (Å²) in [5.41, 5.74) is -0.446. The second-order valence-corrected chi connectivity index (χ2v) is 9.83. The Kier molecular flexibility index (Phi) is 6.12. The first-order valence-corrected chi connectivity index (χ1v) is 10.4. The van der Waals surface area contributed by atoms with Crippen LogP contribution in [0.4, 0.5) is 0 Å². The van der Waals surface area contributed by atoms with Crippen LogP contribution >= 0.6 is 11.8 Å². The normalized spacial score (nSPS) is 24.4. The van der Waals surface area contributed by atoms with Crippen molar-refractivity contribution in [2.75, 3.05) is 13.2 Å².